The number of ether oxygens (including phenoxy) is 1. The molecule has 0 amide bonds. The van der Waals surface area contributed by atoms with E-state index in [4.69, 9.17) is 16.3 Å². The molecule has 116 valence electrons. The van der Waals surface area contributed by atoms with E-state index in [0.29, 0.717) is 18.1 Å². The summed E-state index contributed by atoms with van der Waals surface area (Å²) in [5.74, 6) is -0.151. The van der Waals surface area contributed by atoms with Gasteiger partial charge in [0, 0.05) is 37.2 Å². The molecule has 0 radical (unpaired) electrons. The fraction of sp³-hybridized carbons (Fsp3) is 0.562. The van der Waals surface area contributed by atoms with Gasteiger partial charge in [0.1, 0.15) is 0 Å². The summed E-state index contributed by atoms with van der Waals surface area (Å²) in [4.78, 5) is 16.6. The van der Waals surface area contributed by atoms with Crippen LogP contribution in [0.15, 0.2) is 24.3 Å². The number of benzene rings is 1. The summed E-state index contributed by atoms with van der Waals surface area (Å²) in [5.41, 5.74) is 1.08. The molecule has 1 fully saturated rings. The maximum absolute atomic E-state index is 11.9. The summed E-state index contributed by atoms with van der Waals surface area (Å²) in [6.45, 7) is 6.19. The average molecular weight is 311 g/mol. The van der Waals surface area contributed by atoms with Gasteiger partial charge >= 0.3 is 5.97 Å². The molecule has 5 heteroatoms. The molecule has 0 saturated carbocycles. The molecule has 1 aromatic rings. The Labute approximate surface area is 131 Å². The lowest BCUT2D eigenvalue weighted by Gasteiger charge is -2.38. The fourth-order valence-corrected chi connectivity index (χ4v) is 2.88. The van der Waals surface area contributed by atoms with Gasteiger partial charge in [-0.2, -0.15) is 0 Å². The predicted octanol–water partition coefficient (Wildman–Crippen LogP) is 2.58. The van der Waals surface area contributed by atoms with E-state index in [2.05, 4.69) is 16.8 Å². The van der Waals surface area contributed by atoms with Crippen LogP contribution in [0.3, 0.4) is 0 Å². The van der Waals surface area contributed by atoms with Crippen molar-refractivity contribution in [1.82, 2.24) is 9.80 Å². The third-order valence-corrected chi connectivity index (χ3v) is 4.11. The summed E-state index contributed by atoms with van der Waals surface area (Å²) in [6, 6.07) is 7.82. The Bertz CT molecular complexity index is 473. The molecule has 1 aromatic carbocycles. The first-order chi connectivity index (χ1) is 10.1. The van der Waals surface area contributed by atoms with Crippen LogP contribution < -0.4 is 0 Å². The topological polar surface area (TPSA) is 32.8 Å². The van der Waals surface area contributed by atoms with Crippen molar-refractivity contribution in [3.63, 3.8) is 0 Å². The van der Waals surface area contributed by atoms with Crippen molar-refractivity contribution in [2.75, 3.05) is 39.8 Å². The molecule has 1 atom stereocenters. The molecule has 0 aromatic heterocycles. The van der Waals surface area contributed by atoms with Gasteiger partial charge in [0.2, 0.25) is 0 Å². The number of nitrogens with zero attached hydrogens (tertiary/aromatic N) is 2. The second kappa shape index (κ2) is 7.78. The molecule has 0 aliphatic carbocycles. The molecule has 1 unspecified atom stereocenters. The van der Waals surface area contributed by atoms with Crippen LogP contribution in [0.2, 0.25) is 5.02 Å². The number of piperazine rings is 1. The van der Waals surface area contributed by atoms with E-state index in [1.807, 2.05) is 31.2 Å². The summed E-state index contributed by atoms with van der Waals surface area (Å²) in [6.07, 6.45) is 0.373. The van der Waals surface area contributed by atoms with Crippen molar-refractivity contribution in [1.29, 1.82) is 0 Å². The second-order valence-electron chi connectivity index (χ2n) is 5.42. The van der Waals surface area contributed by atoms with Crippen molar-refractivity contribution in [2.45, 2.75) is 19.4 Å². The van der Waals surface area contributed by atoms with Crippen LogP contribution in [0.25, 0.3) is 0 Å². The van der Waals surface area contributed by atoms with Crippen molar-refractivity contribution >= 4 is 17.6 Å². The van der Waals surface area contributed by atoms with Gasteiger partial charge in [-0.05, 0) is 31.7 Å². The van der Waals surface area contributed by atoms with Gasteiger partial charge in [-0.1, -0.05) is 23.7 Å². The second-order valence-corrected chi connectivity index (χ2v) is 5.86. The van der Waals surface area contributed by atoms with Crippen LogP contribution in [-0.2, 0) is 9.53 Å². The van der Waals surface area contributed by atoms with Crippen LogP contribution in [0.1, 0.15) is 24.9 Å². The number of hydrogen-bond acceptors (Lipinski definition) is 4. The molecule has 1 aliphatic heterocycles. The molecule has 1 saturated heterocycles. The van der Waals surface area contributed by atoms with E-state index in [0.717, 1.165) is 31.7 Å². The van der Waals surface area contributed by atoms with Gasteiger partial charge in [0.25, 0.3) is 0 Å². The number of carbonyl (C=O) groups is 1. The molecular weight excluding hydrogens is 288 g/mol. The zero-order valence-electron chi connectivity index (χ0n) is 12.7. The van der Waals surface area contributed by atoms with Crippen LogP contribution in [0, 0.1) is 0 Å². The number of likely N-dealkylation sites (N-methyl/N-ethyl adjacent to an activating group) is 1. The number of carbonyl (C=O) groups excluding carboxylic acids is 1. The van der Waals surface area contributed by atoms with Crippen LogP contribution >= 0.6 is 11.6 Å². The van der Waals surface area contributed by atoms with Crippen molar-refractivity contribution in [3.05, 3.63) is 34.9 Å². The zero-order valence-corrected chi connectivity index (χ0v) is 13.5. The summed E-state index contributed by atoms with van der Waals surface area (Å²) in [7, 11) is 2.12. The maximum atomic E-state index is 11.9. The standard InChI is InChI=1S/C16H23ClN2O2/c1-3-21-16(20)12-15(13-5-4-6-14(17)11-13)19-9-7-18(2)8-10-19/h4-6,11,15H,3,7-10,12H2,1-2H3. The van der Waals surface area contributed by atoms with Gasteiger partial charge < -0.3 is 9.64 Å². The average Bonchev–Trinajstić information content (AvgIpc) is 2.46. The normalized spacial score (nSPS) is 18.4. The molecule has 0 spiro atoms. The molecule has 1 aliphatic rings. The van der Waals surface area contributed by atoms with Crippen LogP contribution in [0.4, 0.5) is 0 Å². The van der Waals surface area contributed by atoms with E-state index < -0.39 is 0 Å². The molecule has 0 bridgehead atoms. The van der Waals surface area contributed by atoms with Gasteiger partial charge in [-0.25, -0.2) is 0 Å². The lowest BCUT2D eigenvalue weighted by atomic mass is 10.0. The Balaban J connectivity index is 2.15. The van der Waals surface area contributed by atoms with E-state index >= 15 is 0 Å². The number of rotatable bonds is 5. The minimum absolute atomic E-state index is 0.0384. The summed E-state index contributed by atoms with van der Waals surface area (Å²) < 4.78 is 5.13. The lowest BCUT2D eigenvalue weighted by Crippen LogP contribution is -2.46. The molecular formula is C16H23ClN2O2. The summed E-state index contributed by atoms with van der Waals surface area (Å²) in [5, 5.41) is 0.704. The lowest BCUT2D eigenvalue weighted by molar-refractivity contribution is -0.144. The molecule has 4 nitrogen and oxygen atoms in total. The van der Waals surface area contributed by atoms with Gasteiger partial charge in [0.15, 0.2) is 0 Å². The quantitative estimate of drug-likeness (QED) is 0.783. The Morgan fingerprint density at radius 1 is 1.33 bits per heavy atom. The van der Waals surface area contributed by atoms with E-state index in [-0.39, 0.29) is 12.0 Å². The smallest absolute Gasteiger partial charge is 0.307 e. The first-order valence-electron chi connectivity index (χ1n) is 7.44. The largest absolute Gasteiger partial charge is 0.466 e. The highest BCUT2D eigenvalue weighted by molar-refractivity contribution is 6.30. The zero-order chi connectivity index (χ0) is 15.2. The minimum Gasteiger partial charge on any atom is -0.466 e. The van der Waals surface area contributed by atoms with Crippen molar-refractivity contribution in [3.8, 4) is 0 Å². The first kappa shape index (κ1) is 16.3. The molecule has 0 N–H and O–H groups in total. The SMILES string of the molecule is CCOC(=O)CC(c1cccc(Cl)c1)N1CCN(C)CC1. The van der Waals surface area contributed by atoms with Gasteiger partial charge in [-0.15, -0.1) is 0 Å². The van der Waals surface area contributed by atoms with E-state index in [9.17, 15) is 4.79 Å². The highest BCUT2D eigenvalue weighted by Gasteiger charge is 2.26. The third-order valence-electron chi connectivity index (χ3n) is 3.88. The fourth-order valence-electron chi connectivity index (χ4n) is 2.68. The third kappa shape index (κ3) is 4.70. The predicted molar refractivity (Wildman–Crippen MR) is 84.5 cm³/mol. The Morgan fingerprint density at radius 2 is 2.05 bits per heavy atom. The summed E-state index contributed by atoms with van der Waals surface area (Å²) >= 11 is 6.11. The van der Waals surface area contributed by atoms with Gasteiger partial charge in [-0.3, -0.25) is 9.69 Å². The molecule has 2 rings (SSSR count). The first-order valence-corrected chi connectivity index (χ1v) is 7.81. The van der Waals surface area contributed by atoms with Gasteiger partial charge in [0.05, 0.1) is 13.0 Å². The number of esters is 1. The van der Waals surface area contributed by atoms with E-state index in [1.165, 1.54) is 0 Å². The Kier molecular flexibility index (Phi) is 6.03. The van der Waals surface area contributed by atoms with Crippen molar-refractivity contribution < 1.29 is 9.53 Å². The number of halogens is 1. The Hall–Kier alpha value is -1.10. The number of hydrogen-bond donors (Lipinski definition) is 0. The maximum Gasteiger partial charge on any atom is 0.307 e. The van der Waals surface area contributed by atoms with Crippen molar-refractivity contribution in [2.24, 2.45) is 0 Å². The Morgan fingerprint density at radius 3 is 2.67 bits per heavy atom. The monoisotopic (exact) mass is 310 g/mol. The minimum atomic E-state index is -0.151. The highest BCUT2D eigenvalue weighted by Crippen LogP contribution is 2.27. The highest BCUT2D eigenvalue weighted by atomic mass is 35.5. The van der Waals surface area contributed by atoms with E-state index in [1.54, 1.807) is 0 Å². The molecule has 21 heavy (non-hydrogen) atoms. The van der Waals surface area contributed by atoms with Crippen LogP contribution in [-0.4, -0.2) is 55.6 Å². The van der Waals surface area contributed by atoms with Crippen LogP contribution in [0.5, 0.6) is 0 Å². The molecule has 1 heterocycles.